The molecule has 1 heterocycles. The zero-order valence-corrected chi connectivity index (χ0v) is 18.9. The van der Waals surface area contributed by atoms with Crippen molar-refractivity contribution < 1.29 is 4.39 Å². The van der Waals surface area contributed by atoms with Crippen LogP contribution in [0.2, 0.25) is 0 Å². The van der Waals surface area contributed by atoms with Crippen LogP contribution in [0.5, 0.6) is 0 Å². The zero-order valence-electron chi connectivity index (χ0n) is 16.6. The summed E-state index contributed by atoms with van der Waals surface area (Å²) in [5.74, 6) is 0.340. The SMILES string of the molecule is CN=C(NCc1ccc(C#N)cc1F)NC1CCN(C2CCCCC2)CC1.I. The van der Waals surface area contributed by atoms with Crippen molar-refractivity contribution in [2.75, 3.05) is 20.1 Å². The van der Waals surface area contributed by atoms with Crippen LogP contribution < -0.4 is 10.6 Å². The molecule has 3 rings (SSSR count). The maximum atomic E-state index is 14.0. The molecule has 1 saturated heterocycles. The predicted molar refractivity (Wildman–Crippen MR) is 121 cm³/mol. The topological polar surface area (TPSA) is 63.5 Å². The first-order valence-corrected chi connectivity index (χ1v) is 10.1. The van der Waals surface area contributed by atoms with Gasteiger partial charge in [-0.1, -0.05) is 25.3 Å². The van der Waals surface area contributed by atoms with Crippen molar-refractivity contribution in [3.63, 3.8) is 0 Å². The number of piperidine rings is 1. The third kappa shape index (κ3) is 6.31. The van der Waals surface area contributed by atoms with Crippen LogP contribution in [0.25, 0.3) is 0 Å². The number of rotatable bonds is 4. The lowest BCUT2D eigenvalue weighted by Crippen LogP contribution is -2.50. The van der Waals surface area contributed by atoms with E-state index in [0.717, 1.165) is 32.0 Å². The van der Waals surface area contributed by atoms with E-state index in [2.05, 4.69) is 20.5 Å². The maximum absolute atomic E-state index is 14.0. The number of nitrogens with one attached hydrogen (secondary N) is 2. The molecule has 7 heteroatoms. The number of nitriles is 1. The van der Waals surface area contributed by atoms with Crippen molar-refractivity contribution in [3.05, 3.63) is 35.1 Å². The number of halogens is 2. The number of hydrogen-bond acceptors (Lipinski definition) is 3. The fraction of sp³-hybridized carbons (Fsp3) is 0.619. The summed E-state index contributed by atoms with van der Waals surface area (Å²) in [4.78, 5) is 6.94. The van der Waals surface area contributed by atoms with Gasteiger partial charge in [0, 0.05) is 44.3 Å². The van der Waals surface area contributed by atoms with Gasteiger partial charge in [-0.25, -0.2) is 4.39 Å². The summed E-state index contributed by atoms with van der Waals surface area (Å²) in [5.41, 5.74) is 0.868. The molecular weight excluding hydrogens is 468 g/mol. The summed E-state index contributed by atoms with van der Waals surface area (Å²) >= 11 is 0. The average Bonchev–Trinajstić information content (AvgIpc) is 2.73. The van der Waals surface area contributed by atoms with Crippen LogP contribution in [0.4, 0.5) is 4.39 Å². The summed E-state index contributed by atoms with van der Waals surface area (Å²) in [7, 11) is 1.74. The Bertz CT molecular complexity index is 689. The first-order valence-electron chi connectivity index (χ1n) is 10.1. The van der Waals surface area contributed by atoms with Gasteiger partial charge in [-0.3, -0.25) is 4.99 Å². The van der Waals surface area contributed by atoms with Gasteiger partial charge in [0.05, 0.1) is 11.6 Å². The van der Waals surface area contributed by atoms with Crippen LogP contribution in [0, 0.1) is 17.1 Å². The molecule has 28 heavy (non-hydrogen) atoms. The Balaban J connectivity index is 0.00000280. The molecular formula is C21H31FIN5. The molecule has 1 aromatic rings. The summed E-state index contributed by atoms with van der Waals surface area (Å²) in [6.45, 7) is 2.63. The van der Waals surface area contributed by atoms with E-state index in [9.17, 15) is 4.39 Å². The summed E-state index contributed by atoms with van der Waals surface area (Å²) in [5, 5.41) is 15.5. The summed E-state index contributed by atoms with van der Waals surface area (Å²) in [6.07, 6.45) is 9.10. The predicted octanol–water partition coefficient (Wildman–Crippen LogP) is 3.78. The molecule has 1 aromatic carbocycles. The monoisotopic (exact) mass is 499 g/mol. The van der Waals surface area contributed by atoms with Crippen molar-refractivity contribution in [1.82, 2.24) is 15.5 Å². The number of likely N-dealkylation sites (tertiary alicyclic amines) is 1. The lowest BCUT2D eigenvalue weighted by atomic mass is 9.92. The minimum Gasteiger partial charge on any atom is -0.354 e. The molecule has 2 fully saturated rings. The van der Waals surface area contributed by atoms with Gasteiger partial charge in [0.2, 0.25) is 0 Å². The number of hydrogen-bond donors (Lipinski definition) is 2. The normalized spacial score (nSPS) is 19.5. The van der Waals surface area contributed by atoms with Crippen molar-refractivity contribution >= 4 is 29.9 Å². The van der Waals surface area contributed by atoms with Crippen LogP contribution in [-0.2, 0) is 6.54 Å². The number of benzene rings is 1. The van der Waals surface area contributed by atoms with Crippen LogP contribution in [0.15, 0.2) is 23.2 Å². The molecule has 2 N–H and O–H groups in total. The van der Waals surface area contributed by atoms with Crippen molar-refractivity contribution in [2.45, 2.75) is 63.6 Å². The molecule has 0 spiro atoms. The molecule has 0 bridgehead atoms. The first kappa shape index (κ1) is 22.9. The van der Waals surface area contributed by atoms with E-state index in [1.807, 2.05) is 6.07 Å². The Labute approximate surface area is 184 Å². The van der Waals surface area contributed by atoms with Crippen molar-refractivity contribution in [2.24, 2.45) is 4.99 Å². The molecule has 2 aliphatic rings. The highest BCUT2D eigenvalue weighted by atomic mass is 127. The average molecular weight is 499 g/mol. The third-order valence-corrected chi connectivity index (χ3v) is 5.81. The lowest BCUT2D eigenvalue weighted by Gasteiger charge is -2.39. The van der Waals surface area contributed by atoms with E-state index in [1.54, 1.807) is 19.2 Å². The Morgan fingerprint density at radius 2 is 1.93 bits per heavy atom. The Morgan fingerprint density at radius 1 is 1.21 bits per heavy atom. The van der Waals surface area contributed by atoms with Gasteiger partial charge < -0.3 is 15.5 Å². The fourth-order valence-electron chi connectivity index (χ4n) is 4.18. The second-order valence-corrected chi connectivity index (χ2v) is 7.59. The van der Waals surface area contributed by atoms with E-state index >= 15 is 0 Å². The van der Waals surface area contributed by atoms with E-state index < -0.39 is 0 Å². The minimum absolute atomic E-state index is 0. The summed E-state index contributed by atoms with van der Waals surface area (Å²) < 4.78 is 14.0. The Kier molecular flexibility index (Phi) is 9.45. The van der Waals surface area contributed by atoms with Gasteiger partial charge in [0.1, 0.15) is 5.82 Å². The second-order valence-electron chi connectivity index (χ2n) is 7.59. The van der Waals surface area contributed by atoms with Gasteiger partial charge in [0.15, 0.2) is 5.96 Å². The first-order chi connectivity index (χ1) is 13.2. The van der Waals surface area contributed by atoms with Crippen LogP contribution >= 0.6 is 24.0 Å². The molecule has 5 nitrogen and oxygen atoms in total. The highest BCUT2D eigenvalue weighted by Crippen LogP contribution is 2.25. The molecule has 1 aliphatic heterocycles. The molecule has 1 aliphatic carbocycles. The molecule has 0 aromatic heterocycles. The minimum atomic E-state index is -0.363. The van der Waals surface area contributed by atoms with Crippen molar-refractivity contribution in [1.29, 1.82) is 5.26 Å². The maximum Gasteiger partial charge on any atom is 0.191 e. The largest absolute Gasteiger partial charge is 0.354 e. The molecule has 0 unspecified atom stereocenters. The Morgan fingerprint density at radius 3 is 2.54 bits per heavy atom. The number of guanidine groups is 1. The lowest BCUT2D eigenvalue weighted by molar-refractivity contribution is 0.119. The fourth-order valence-corrected chi connectivity index (χ4v) is 4.18. The molecule has 0 atom stereocenters. The third-order valence-electron chi connectivity index (χ3n) is 5.81. The van der Waals surface area contributed by atoms with E-state index in [-0.39, 0.29) is 29.8 Å². The number of aliphatic imine (C=N–C) groups is 1. The smallest absolute Gasteiger partial charge is 0.191 e. The van der Waals surface area contributed by atoms with E-state index in [0.29, 0.717) is 29.7 Å². The van der Waals surface area contributed by atoms with E-state index in [1.165, 1.54) is 38.2 Å². The summed E-state index contributed by atoms with van der Waals surface area (Å²) in [6, 6.07) is 7.70. The molecule has 0 amide bonds. The van der Waals surface area contributed by atoms with Gasteiger partial charge >= 0.3 is 0 Å². The van der Waals surface area contributed by atoms with Crippen molar-refractivity contribution in [3.8, 4) is 6.07 Å². The Hall–Kier alpha value is -1.40. The van der Waals surface area contributed by atoms with Crippen LogP contribution in [0.3, 0.4) is 0 Å². The van der Waals surface area contributed by atoms with Gasteiger partial charge in [-0.05, 0) is 37.8 Å². The second kappa shape index (κ2) is 11.6. The molecule has 0 radical (unpaired) electrons. The van der Waals surface area contributed by atoms with Gasteiger partial charge in [-0.2, -0.15) is 5.26 Å². The van der Waals surface area contributed by atoms with Gasteiger partial charge in [0.25, 0.3) is 0 Å². The standard InChI is InChI=1S/C21H30FN5.HI/c1-24-21(25-15-17-8-7-16(14-23)13-20(17)22)26-18-9-11-27(12-10-18)19-5-3-2-4-6-19;/h7-8,13,18-19H,2-6,9-12,15H2,1H3,(H2,24,25,26);1H. The van der Waals surface area contributed by atoms with E-state index in [4.69, 9.17) is 5.26 Å². The zero-order chi connectivity index (χ0) is 19.1. The highest BCUT2D eigenvalue weighted by Gasteiger charge is 2.26. The van der Waals surface area contributed by atoms with Crippen LogP contribution in [-0.4, -0.2) is 43.1 Å². The molecule has 1 saturated carbocycles. The number of nitrogens with zero attached hydrogens (tertiary/aromatic N) is 3. The molecule has 154 valence electrons. The quantitative estimate of drug-likeness (QED) is 0.376. The van der Waals surface area contributed by atoms with Crippen LogP contribution in [0.1, 0.15) is 56.1 Å². The van der Waals surface area contributed by atoms with Gasteiger partial charge in [-0.15, -0.1) is 24.0 Å². The highest BCUT2D eigenvalue weighted by molar-refractivity contribution is 14.0.